The van der Waals surface area contributed by atoms with Crippen LogP contribution >= 0.6 is 0 Å². The molecular weight excluding hydrogens is 178 g/mol. The van der Waals surface area contributed by atoms with Crippen LogP contribution in [0.25, 0.3) is 5.69 Å². The van der Waals surface area contributed by atoms with Gasteiger partial charge in [0.2, 0.25) is 0 Å². The van der Waals surface area contributed by atoms with Crippen LogP contribution in [0.4, 0.5) is 0 Å². The maximum Gasteiger partial charge on any atom is 0.144 e. The average Bonchev–Trinajstić information content (AvgIpc) is 2.64. The fourth-order valence-corrected chi connectivity index (χ4v) is 1.33. The molecule has 0 bridgehead atoms. The van der Waals surface area contributed by atoms with Crippen molar-refractivity contribution >= 4 is 0 Å². The Morgan fingerprint density at radius 2 is 2.07 bits per heavy atom. The Labute approximate surface area is 82.1 Å². The van der Waals surface area contributed by atoms with E-state index < -0.39 is 0 Å². The summed E-state index contributed by atoms with van der Waals surface area (Å²) in [6.45, 7) is 1.95. The van der Waals surface area contributed by atoms with E-state index in [2.05, 4.69) is 10.3 Å². The second kappa shape index (κ2) is 3.49. The predicted octanol–water partition coefficient (Wildman–Crippen LogP) is 1.58. The van der Waals surface area contributed by atoms with Crippen LogP contribution in [0.2, 0.25) is 0 Å². The molecule has 72 valence electrons. The Kier molecular flexibility index (Phi) is 2.18. The fourth-order valence-electron chi connectivity index (χ4n) is 1.33. The van der Waals surface area contributed by atoms with Crippen LogP contribution in [-0.4, -0.2) is 22.1 Å². The largest absolute Gasteiger partial charge is 0.494 e. The summed E-state index contributed by atoms with van der Waals surface area (Å²) in [5.74, 6) is 0.793. The van der Waals surface area contributed by atoms with E-state index in [9.17, 15) is 0 Å². The van der Waals surface area contributed by atoms with Gasteiger partial charge in [0.15, 0.2) is 0 Å². The Hall–Kier alpha value is -1.84. The quantitative estimate of drug-likeness (QED) is 0.720. The summed E-state index contributed by atoms with van der Waals surface area (Å²) in [5, 5.41) is 7.81. The molecule has 4 heteroatoms. The molecule has 0 saturated heterocycles. The first-order chi connectivity index (χ1) is 6.83. The van der Waals surface area contributed by atoms with Gasteiger partial charge >= 0.3 is 0 Å². The third kappa shape index (κ3) is 1.35. The molecule has 1 aromatic heterocycles. The van der Waals surface area contributed by atoms with Crippen molar-refractivity contribution in [2.24, 2.45) is 0 Å². The smallest absolute Gasteiger partial charge is 0.144 e. The zero-order valence-electron chi connectivity index (χ0n) is 8.14. The molecule has 0 radical (unpaired) electrons. The standard InChI is InChI=1S/C10H11N3O/c1-8-7-11-12-13(8)9-5-3-4-6-10(9)14-2/h3-7H,1-2H3. The van der Waals surface area contributed by atoms with Gasteiger partial charge in [0.05, 0.1) is 19.0 Å². The first-order valence-electron chi connectivity index (χ1n) is 4.33. The number of rotatable bonds is 2. The van der Waals surface area contributed by atoms with Crippen molar-refractivity contribution in [1.82, 2.24) is 15.0 Å². The number of hydrogen-bond acceptors (Lipinski definition) is 3. The lowest BCUT2D eigenvalue weighted by Gasteiger charge is -2.08. The highest BCUT2D eigenvalue weighted by atomic mass is 16.5. The van der Waals surface area contributed by atoms with E-state index in [0.29, 0.717) is 0 Å². The molecule has 1 aromatic carbocycles. The Bertz CT molecular complexity index is 436. The van der Waals surface area contributed by atoms with Gasteiger partial charge < -0.3 is 4.74 Å². The van der Waals surface area contributed by atoms with E-state index in [1.807, 2.05) is 31.2 Å². The van der Waals surface area contributed by atoms with Gasteiger partial charge in [-0.05, 0) is 19.1 Å². The van der Waals surface area contributed by atoms with Crippen LogP contribution in [0.1, 0.15) is 5.69 Å². The van der Waals surface area contributed by atoms with Crippen molar-refractivity contribution in [3.8, 4) is 11.4 Å². The van der Waals surface area contributed by atoms with Crippen molar-refractivity contribution in [2.75, 3.05) is 7.11 Å². The maximum absolute atomic E-state index is 5.24. The van der Waals surface area contributed by atoms with Crippen molar-refractivity contribution in [3.05, 3.63) is 36.2 Å². The van der Waals surface area contributed by atoms with Gasteiger partial charge in [-0.3, -0.25) is 0 Å². The van der Waals surface area contributed by atoms with Crippen LogP contribution in [0.3, 0.4) is 0 Å². The Morgan fingerprint density at radius 1 is 1.29 bits per heavy atom. The van der Waals surface area contributed by atoms with Crippen molar-refractivity contribution < 1.29 is 4.74 Å². The lowest BCUT2D eigenvalue weighted by atomic mass is 10.3. The molecule has 0 fully saturated rings. The van der Waals surface area contributed by atoms with Crippen molar-refractivity contribution in [3.63, 3.8) is 0 Å². The summed E-state index contributed by atoms with van der Waals surface area (Å²) >= 11 is 0. The molecule has 0 saturated carbocycles. The van der Waals surface area contributed by atoms with Gasteiger partial charge in [0.1, 0.15) is 11.4 Å². The van der Waals surface area contributed by atoms with Gasteiger partial charge in [-0.2, -0.15) is 0 Å². The molecule has 0 aliphatic heterocycles. The lowest BCUT2D eigenvalue weighted by Crippen LogP contribution is -2.01. The third-order valence-electron chi connectivity index (χ3n) is 2.03. The molecule has 2 rings (SSSR count). The Balaban J connectivity index is 2.56. The minimum atomic E-state index is 0.793. The van der Waals surface area contributed by atoms with Crippen LogP contribution in [0, 0.1) is 6.92 Å². The number of ether oxygens (including phenoxy) is 1. The highest BCUT2D eigenvalue weighted by Crippen LogP contribution is 2.21. The number of nitrogens with zero attached hydrogens (tertiary/aromatic N) is 3. The van der Waals surface area contributed by atoms with E-state index >= 15 is 0 Å². The zero-order valence-corrected chi connectivity index (χ0v) is 8.14. The molecule has 0 atom stereocenters. The first-order valence-corrected chi connectivity index (χ1v) is 4.33. The normalized spacial score (nSPS) is 10.1. The number of benzene rings is 1. The van der Waals surface area contributed by atoms with Gasteiger partial charge in [-0.15, -0.1) is 5.10 Å². The third-order valence-corrected chi connectivity index (χ3v) is 2.03. The number of hydrogen-bond donors (Lipinski definition) is 0. The highest BCUT2D eigenvalue weighted by molar-refractivity contribution is 5.46. The minimum Gasteiger partial charge on any atom is -0.494 e. The van der Waals surface area contributed by atoms with E-state index in [-0.39, 0.29) is 0 Å². The molecule has 0 N–H and O–H groups in total. The number of para-hydroxylation sites is 2. The molecule has 0 amide bonds. The molecule has 0 aliphatic rings. The van der Waals surface area contributed by atoms with Gasteiger partial charge in [0.25, 0.3) is 0 Å². The molecular formula is C10H11N3O. The number of aromatic nitrogens is 3. The monoisotopic (exact) mass is 189 g/mol. The SMILES string of the molecule is COc1ccccc1-n1nncc1C. The van der Waals surface area contributed by atoms with E-state index in [1.165, 1.54) is 0 Å². The van der Waals surface area contributed by atoms with Crippen LogP contribution in [0.15, 0.2) is 30.5 Å². The van der Waals surface area contributed by atoms with E-state index in [0.717, 1.165) is 17.1 Å². The lowest BCUT2D eigenvalue weighted by molar-refractivity contribution is 0.411. The second-order valence-electron chi connectivity index (χ2n) is 2.96. The number of aryl methyl sites for hydroxylation is 1. The molecule has 0 unspecified atom stereocenters. The van der Waals surface area contributed by atoms with Crippen LogP contribution in [-0.2, 0) is 0 Å². The average molecular weight is 189 g/mol. The summed E-state index contributed by atoms with van der Waals surface area (Å²) in [6.07, 6.45) is 1.71. The molecule has 1 heterocycles. The molecule has 0 spiro atoms. The van der Waals surface area contributed by atoms with E-state index in [1.54, 1.807) is 18.0 Å². The molecule has 2 aromatic rings. The van der Waals surface area contributed by atoms with Crippen molar-refractivity contribution in [1.29, 1.82) is 0 Å². The Morgan fingerprint density at radius 3 is 2.71 bits per heavy atom. The van der Waals surface area contributed by atoms with Crippen molar-refractivity contribution in [2.45, 2.75) is 6.92 Å². The van der Waals surface area contributed by atoms with Gasteiger partial charge in [0, 0.05) is 0 Å². The van der Waals surface area contributed by atoms with E-state index in [4.69, 9.17) is 4.74 Å². The van der Waals surface area contributed by atoms with Gasteiger partial charge in [-0.1, -0.05) is 17.3 Å². The maximum atomic E-state index is 5.24. The molecule has 4 nitrogen and oxygen atoms in total. The molecule has 0 aliphatic carbocycles. The topological polar surface area (TPSA) is 39.9 Å². The number of methoxy groups -OCH3 is 1. The summed E-state index contributed by atoms with van der Waals surface area (Å²) in [7, 11) is 1.64. The van der Waals surface area contributed by atoms with Crippen LogP contribution < -0.4 is 4.74 Å². The summed E-state index contributed by atoms with van der Waals surface area (Å²) in [5.41, 5.74) is 1.89. The zero-order chi connectivity index (χ0) is 9.97. The first kappa shape index (κ1) is 8.74. The predicted molar refractivity (Wildman–Crippen MR) is 52.6 cm³/mol. The summed E-state index contributed by atoms with van der Waals surface area (Å²) in [6, 6.07) is 7.71. The minimum absolute atomic E-state index is 0.793. The fraction of sp³-hybridized carbons (Fsp3) is 0.200. The summed E-state index contributed by atoms with van der Waals surface area (Å²) < 4.78 is 6.98. The molecule has 14 heavy (non-hydrogen) atoms. The highest BCUT2D eigenvalue weighted by Gasteiger charge is 2.06. The summed E-state index contributed by atoms with van der Waals surface area (Å²) in [4.78, 5) is 0. The second-order valence-corrected chi connectivity index (χ2v) is 2.96. The van der Waals surface area contributed by atoms with Crippen LogP contribution in [0.5, 0.6) is 5.75 Å². The van der Waals surface area contributed by atoms with Gasteiger partial charge in [-0.25, -0.2) is 4.68 Å².